The second kappa shape index (κ2) is 12.3. The number of nitrogen functional groups attached to an aromatic ring is 1. The average molecular weight is 578 g/mol. The van der Waals surface area contributed by atoms with Crippen molar-refractivity contribution in [3.05, 3.63) is 107 Å². The Morgan fingerprint density at radius 1 is 1.07 bits per heavy atom. The molecular weight excluding hydrogens is 542 g/mol. The van der Waals surface area contributed by atoms with Crippen molar-refractivity contribution >= 4 is 29.0 Å². The zero-order valence-corrected chi connectivity index (χ0v) is 24.9. The first-order chi connectivity index (χ1) is 20.6. The number of carbonyl (C=O) groups excluding carboxylic acids is 2. The number of ether oxygens (including phenoxy) is 1. The van der Waals surface area contributed by atoms with Crippen molar-refractivity contribution in [1.82, 2.24) is 24.3 Å². The van der Waals surface area contributed by atoms with Crippen molar-refractivity contribution < 1.29 is 14.3 Å². The van der Waals surface area contributed by atoms with Crippen LogP contribution in [0.2, 0.25) is 0 Å². The third kappa shape index (κ3) is 6.18. The first-order valence-corrected chi connectivity index (χ1v) is 14.1. The minimum absolute atomic E-state index is 0.156. The average Bonchev–Trinajstić information content (AvgIpc) is 3.40. The summed E-state index contributed by atoms with van der Waals surface area (Å²) < 4.78 is 7.34. The molecular formula is C33H35N7O3. The van der Waals surface area contributed by atoms with Crippen molar-refractivity contribution in [3.63, 3.8) is 0 Å². The molecule has 0 unspecified atom stereocenters. The standard InChI is InChI=1S/C33H35N7O3/c1-20(2)27-12-11-26(15-21(27)3)37-32(41)25-16-24(17-35-18-25)28-29-30(34)36-13-14-40(29)31(38-28)22(4)39(5)33(42)43-19-23-9-7-6-8-10-23/h6-18,20,22H,19H2,1-5H3,(H2,34,36)(H,37,41)/t22-/m0/s1. The predicted molar refractivity (Wildman–Crippen MR) is 167 cm³/mol. The van der Waals surface area contributed by atoms with Crippen LogP contribution in [0.3, 0.4) is 0 Å². The first-order valence-electron chi connectivity index (χ1n) is 14.1. The Balaban J connectivity index is 1.42. The molecule has 10 heteroatoms. The summed E-state index contributed by atoms with van der Waals surface area (Å²) in [6.45, 7) is 8.33. The highest BCUT2D eigenvalue weighted by atomic mass is 16.6. The predicted octanol–water partition coefficient (Wildman–Crippen LogP) is 6.39. The van der Waals surface area contributed by atoms with E-state index in [9.17, 15) is 9.59 Å². The highest BCUT2D eigenvalue weighted by molar-refractivity contribution is 6.05. The number of anilines is 2. The van der Waals surface area contributed by atoms with Crippen LogP contribution >= 0.6 is 0 Å². The van der Waals surface area contributed by atoms with Crippen LogP contribution in [0.4, 0.5) is 16.3 Å². The minimum atomic E-state index is -0.492. The lowest BCUT2D eigenvalue weighted by atomic mass is 9.97. The minimum Gasteiger partial charge on any atom is -0.445 e. The zero-order valence-electron chi connectivity index (χ0n) is 24.9. The van der Waals surface area contributed by atoms with Gasteiger partial charge in [0.25, 0.3) is 5.91 Å². The van der Waals surface area contributed by atoms with Gasteiger partial charge in [0.1, 0.15) is 29.5 Å². The van der Waals surface area contributed by atoms with E-state index >= 15 is 0 Å². The van der Waals surface area contributed by atoms with Crippen LogP contribution in [0.1, 0.15) is 65.6 Å². The Kier molecular flexibility index (Phi) is 8.38. The molecule has 3 heterocycles. The normalized spacial score (nSPS) is 11.9. The van der Waals surface area contributed by atoms with E-state index < -0.39 is 12.1 Å². The number of hydrogen-bond acceptors (Lipinski definition) is 7. The number of imidazole rings is 1. The molecule has 220 valence electrons. The van der Waals surface area contributed by atoms with E-state index in [0.717, 1.165) is 11.1 Å². The van der Waals surface area contributed by atoms with Gasteiger partial charge < -0.3 is 20.7 Å². The summed E-state index contributed by atoms with van der Waals surface area (Å²) in [7, 11) is 1.66. The van der Waals surface area contributed by atoms with E-state index in [2.05, 4.69) is 29.1 Å². The second-order valence-corrected chi connectivity index (χ2v) is 10.8. The highest BCUT2D eigenvalue weighted by Gasteiger charge is 2.26. The smallest absolute Gasteiger partial charge is 0.410 e. The molecule has 0 saturated carbocycles. The van der Waals surface area contributed by atoms with Crippen LogP contribution in [0.15, 0.2) is 79.4 Å². The molecule has 0 fully saturated rings. The largest absolute Gasteiger partial charge is 0.445 e. The van der Waals surface area contributed by atoms with Gasteiger partial charge in [0.05, 0.1) is 11.6 Å². The molecule has 3 aromatic heterocycles. The van der Waals surface area contributed by atoms with Gasteiger partial charge in [0, 0.05) is 43.1 Å². The van der Waals surface area contributed by atoms with Crippen LogP contribution in [0.25, 0.3) is 16.8 Å². The van der Waals surface area contributed by atoms with Crippen molar-refractivity contribution in [2.75, 3.05) is 18.1 Å². The van der Waals surface area contributed by atoms with Crippen LogP contribution in [0.5, 0.6) is 0 Å². The number of rotatable bonds is 8. The van der Waals surface area contributed by atoms with Crippen LogP contribution < -0.4 is 11.1 Å². The molecule has 2 amide bonds. The van der Waals surface area contributed by atoms with E-state index in [4.69, 9.17) is 15.5 Å². The van der Waals surface area contributed by atoms with E-state index in [1.165, 1.54) is 16.7 Å². The quantitative estimate of drug-likeness (QED) is 0.219. The number of fused-ring (bicyclic) bond motifs is 1. The maximum atomic E-state index is 13.2. The molecule has 5 aromatic rings. The number of amides is 2. The summed E-state index contributed by atoms with van der Waals surface area (Å²) in [6.07, 6.45) is 5.96. The number of pyridine rings is 1. The van der Waals surface area contributed by atoms with Crippen molar-refractivity contribution in [2.45, 2.75) is 46.3 Å². The van der Waals surface area contributed by atoms with Gasteiger partial charge in [0.2, 0.25) is 0 Å². The third-order valence-electron chi connectivity index (χ3n) is 7.48. The number of nitrogens with zero attached hydrogens (tertiary/aromatic N) is 5. The molecule has 0 bridgehead atoms. The SMILES string of the molecule is Cc1cc(NC(=O)c2cncc(-c3nc([C@H](C)N(C)C(=O)OCc4ccccc4)n4ccnc(N)c34)c2)ccc1C(C)C. The lowest BCUT2D eigenvalue weighted by Gasteiger charge is -2.23. The fourth-order valence-electron chi connectivity index (χ4n) is 5.03. The molecule has 0 aliphatic rings. The van der Waals surface area contributed by atoms with Gasteiger partial charge in [-0.05, 0) is 54.7 Å². The lowest BCUT2D eigenvalue weighted by molar-refractivity contribution is 0.0920. The van der Waals surface area contributed by atoms with E-state index in [0.29, 0.717) is 39.8 Å². The lowest BCUT2D eigenvalue weighted by Crippen LogP contribution is -2.31. The Morgan fingerprint density at radius 3 is 2.56 bits per heavy atom. The Morgan fingerprint density at radius 2 is 1.84 bits per heavy atom. The molecule has 0 spiro atoms. The van der Waals surface area contributed by atoms with Gasteiger partial charge >= 0.3 is 6.09 Å². The van der Waals surface area contributed by atoms with Gasteiger partial charge in [-0.25, -0.2) is 14.8 Å². The number of nitrogens with two attached hydrogens (primary N) is 1. The number of benzene rings is 2. The van der Waals surface area contributed by atoms with E-state index in [1.807, 2.05) is 62.4 Å². The van der Waals surface area contributed by atoms with Crippen LogP contribution in [0, 0.1) is 6.92 Å². The monoisotopic (exact) mass is 577 g/mol. The number of carbonyl (C=O) groups is 2. The van der Waals surface area contributed by atoms with Crippen molar-refractivity contribution in [3.8, 4) is 11.3 Å². The molecule has 0 saturated heterocycles. The van der Waals surface area contributed by atoms with Gasteiger partial charge in [0.15, 0.2) is 0 Å². The zero-order chi connectivity index (χ0) is 30.7. The summed E-state index contributed by atoms with van der Waals surface area (Å²) in [6, 6.07) is 16.6. The van der Waals surface area contributed by atoms with Gasteiger partial charge in [-0.15, -0.1) is 0 Å². The summed E-state index contributed by atoms with van der Waals surface area (Å²) >= 11 is 0. The molecule has 10 nitrogen and oxygen atoms in total. The number of hydrogen-bond donors (Lipinski definition) is 2. The van der Waals surface area contributed by atoms with E-state index in [1.54, 1.807) is 36.1 Å². The maximum absolute atomic E-state index is 13.2. The third-order valence-corrected chi connectivity index (χ3v) is 7.48. The molecule has 43 heavy (non-hydrogen) atoms. The molecule has 0 aliphatic heterocycles. The van der Waals surface area contributed by atoms with Crippen LogP contribution in [-0.2, 0) is 11.3 Å². The number of aryl methyl sites for hydroxylation is 1. The summed E-state index contributed by atoms with van der Waals surface area (Å²) in [5.41, 5.74) is 12.3. The summed E-state index contributed by atoms with van der Waals surface area (Å²) in [4.78, 5) is 41.1. The van der Waals surface area contributed by atoms with Gasteiger partial charge in [-0.3, -0.25) is 14.2 Å². The topological polar surface area (TPSA) is 128 Å². The molecule has 2 aromatic carbocycles. The van der Waals surface area contributed by atoms with Gasteiger partial charge in [-0.1, -0.05) is 50.2 Å². The molecule has 0 radical (unpaired) electrons. The Labute approximate surface area is 250 Å². The number of nitrogens with one attached hydrogen (secondary N) is 1. The van der Waals surface area contributed by atoms with Crippen molar-refractivity contribution in [2.24, 2.45) is 0 Å². The van der Waals surface area contributed by atoms with Crippen LogP contribution in [-0.4, -0.2) is 43.3 Å². The molecule has 1 atom stereocenters. The summed E-state index contributed by atoms with van der Waals surface area (Å²) in [5.74, 6) is 0.905. The second-order valence-electron chi connectivity index (χ2n) is 10.8. The first kappa shape index (κ1) is 29.2. The van der Waals surface area contributed by atoms with E-state index in [-0.39, 0.29) is 18.3 Å². The Hall–Kier alpha value is -5.25. The molecule has 3 N–H and O–H groups in total. The maximum Gasteiger partial charge on any atom is 0.410 e. The van der Waals surface area contributed by atoms with Gasteiger partial charge in [-0.2, -0.15) is 0 Å². The Bertz CT molecular complexity index is 1780. The highest BCUT2D eigenvalue weighted by Crippen LogP contribution is 2.32. The fourth-order valence-corrected chi connectivity index (χ4v) is 5.03. The number of aromatic nitrogens is 4. The van der Waals surface area contributed by atoms with Crippen molar-refractivity contribution in [1.29, 1.82) is 0 Å². The summed E-state index contributed by atoms with van der Waals surface area (Å²) in [5, 5.41) is 2.97. The fraction of sp³-hybridized carbons (Fsp3) is 0.242. The molecule has 0 aliphatic carbocycles. The molecule has 5 rings (SSSR count).